The quantitative estimate of drug-likeness (QED) is 0.344. The molecule has 0 aromatic heterocycles. The van der Waals surface area contributed by atoms with Crippen LogP contribution < -0.4 is 10.6 Å². The van der Waals surface area contributed by atoms with Crippen LogP contribution in [0.1, 0.15) is 25.3 Å². The zero-order valence-electron chi connectivity index (χ0n) is 15.7. The van der Waals surface area contributed by atoms with Gasteiger partial charge < -0.3 is 15.5 Å². The average molecular weight is 476 g/mol. The Bertz CT molecular complexity index is 489. The number of aliphatic imine (C=N–C) groups is 1. The van der Waals surface area contributed by atoms with Crippen molar-refractivity contribution in [2.75, 3.05) is 39.5 Å². The van der Waals surface area contributed by atoms with Crippen molar-refractivity contribution in [3.05, 3.63) is 35.9 Å². The molecule has 1 heterocycles. The first kappa shape index (κ1) is 22.6. The van der Waals surface area contributed by atoms with Crippen molar-refractivity contribution in [2.45, 2.75) is 37.5 Å². The molecule has 1 saturated heterocycles. The Morgan fingerprint density at radius 1 is 1.28 bits per heavy atom. The minimum atomic E-state index is 0. The Labute approximate surface area is 174 Å². The third-order valence-corrected chi connectivity index (χ3v) is 5.77. The highest BCUT2D eigenvalue weighted by atomic mass is 127. The zero-order valence-corrected chi connectivity index (χ0v) is 18.8. The van der Waals surface area contributed by atoms with Gasteiger partial charge in [0.1, 0.15) is 0 Å². The van der Waals surface area contributed by atoms with E-state index in [0.29, 0.717) is 6.04 Å². The van der Waals surface area contributed by atoms with Crippen molar-refractivity contribution in [3.63, 3.8) is 0 Å². The molecule has 2 N–H and O–H groups in total. The fraction of sp³-hybridized carbons (Fsp3) is 0.632. The summed E-state index contributed by atoms with van der Waals surface area (Å²) in [5, 5.41) is 7.63. The Hall–Kier alpha value is -0.470. The van der Waals surface area contributed by atoms with Gasteiger partial charge in [-0.2, -0.15) is 11.8 Å². The van der Waals surface area contributed by atoms with Crippen molar-refractivity contribution in [2.24, 2.45) is 4.99 Å². The summed E-state index contributed by atoms with van der Waals surface area (Å²) in [6.45, 7) is 4.83. The molecule has 2 rings (SSSR count). The summed E-state index contributed by atoms with van der Waals surface area (Å²) in [4.78, 5) is 7.11. The van der Waals surface area contributed by atoms with Gasteiger partial charge in [-0.15, -0.1) is 24.0 Å². The van der Waals surface area contributed by atoms with Crippen molar-refractivity contribution in [1.82, 2.24) is 15.5 Å². The molecule has 6 heteroatoms. The molecule has 0 bridgehead atoms. The first-order chi connectivity index (χ1) is 11.7. The van der Waals surface area contributed by atoms with E-state index in [4.69, 9.17) is 4.99 Å². The molecule has 25 heavy (non-hydrogen) atoms. The van der Waals surface area contributed by atoms with Gasteiger partial charge in [0, 0.05) is 24.4 Å². The number of thioether (sulfide) groups is 1. The molecule has 1 fully saturated rings. The average Bonchev–Trinajstić information content (AvgIpc) is 3.10. The molecule has 2 unspecified atom stereocenters. The van der Waals surface area contributed by atoms with E-state index >= 15 is 0 Å². The summed E-state index contributed by atoms with van der Waals surface area (Å²) in [5.41, 5.74) is 1.37. The number of hydrogen-bond acceptors (Lipinski definition) is 3. The highest BCUT2D eigenvalue weighted by Gasteiger charge is 2.16. The van der Waals surface area contributed by atoms with Gasteiger partial charge in [0.25, 0.3) is 0 Å². The monoisotopic (exact) mass is 476 g/mol. The number of halogens is 1. The summed E-state index contributed by atoms with van der Waals surface area (Å²) >= 11 is 2.08. The first-order valence-corrected chi connectivity index (χ1v) is 10.1. The van der Waals surface area contributed by atoms with E-state index in [-0.39, 0.29) is 24.0 Å². The van der Waals surface area contributed by atoms with Crippen LogP contribution in [-0.2, 0) is 6.42 Å². The number of hydrogen-bond donors (Lipinski definition) is 2. The predicted octanol–water partition coefficient (Wildman–Crippen LogP) is 3.23. The third-order valence-electron chi connectivity index (χ3n) is 4.37. The molecule has 0 amide bonds. The number of nitrogens with one attached hydrogen (secondary N) is 2. The van der Waals surface area contributed by atoms with Crippen molar-refractivity contribution >= 4 is 41.7 Å². The van der Waals surface area contributed by atoms with Gasteiger partial charge in [0.15, 0.2) is 5.96 Å². The van der Waals surface area contributed by atoms with E-state index < -0.39 is 0 Å². The zero-order chi connectivity index (χ0) is 17.2. The molecule has 1 aliphatic rings. The lowest BCUT2D eigenvalue weighted by Crippen LogP contribution is -2.41. The molecule has 0 spiro atoms. The lowest BCUT2D eigenvalue weighted by atomic mass is 10.1. The van der Waals surface area contributed by atoms with Crippen LogP contribution in [0.2, 0.25) is 0 Å². The van der Waals surface area contributed by atoms with Crippen LogP contribution in [0.25, 0.3) is 0 Å². The van der Waals surface area contributed by atoms with Crippen LogP contribution in [0, 0.1) is 0 Å². The van der Waals surface area contributed by atoms with Crippen LogP contribution >= 0.6 is 35.7 Å². The van der Waals surface area contributed by atoms with Crippen LogP contribution in [0.15, 0.2) is 35.3 Å². The maximum atomic E-state index is 4.84. The fourth-order valence-corrected chi connectivity index (χ4v) is 4.05. The fourth-order valence-electron chi connectivity index (χ4n) is 2.85. The van der Waals surface area contributed by atoms with E-state index in [1.165, 1.54) is 24.2 Å². The maximum absolute atomic E-state index is 4.84. The first-order valence-electron chi connectivity index (χ1n) is 9.03. The highest BCUT2D eigenvalue weighted by Crippen LogP contribution is 2.25. The molecule has 1 aromatic rings. The Kier molecular flexibility index (Phi) is 11.6. The summed E-state index contributed by atoms with van der Waals surface area (Å²) in [7, 11) is 4.28. The predicted molar refractivity (Wildman–Crippen MR) is 122 cm³/mol. The lowest BCUT2D eigenvalue weighted by Gasteiger charge is -2.23. The highest BCUT2D eigenvalue weighted by molar-refractivity contribution is 14.0. The van der Waals surface area contributed by atoms with Crippen LogP contribution in [0.4, 0.5) is 0 Å². The summed E-state index contributed by atoms with van der Waals surface area (Å²) < 4.78 is 0. The van der Waals surface area contributed by atoms with E-state index in [1.54, 1.807) is 0 Å². The largest absolute Gasteiger partial charge is 0.357 e. The molecule has 0 aliphatic carbocycles. The van der Waals surface area contributed by atoms with Crippen molar-refractivity contribution in [3.8, 4) is 0 Å². The van der Waals surface area contributed by atoms with Gasteiger partial charge in [-0.1, -0.05) is 30.3 Å². The third kappa shape index (κ3) is 8.64. The molecular weight excluding hydrogens is 443 g/mol. The minimum Gasteiger partial charge on any atom is -0.357 e. The lowest BCUT2D eigenvalue weighted by molar-refractivity contribution is 0.298. The maximum Gasteiger partial charge on any atom is 0.191 e. The summed E-state index contributed by atoms with van der Waals surface area (Å²) in [5.74, 6) is 2.25. The Balaban J connectivity index is 0.00000312. The standard InChI is InChI=1S/C19H32N4S.HI/c1-4-20-19(22-15-18-11-8-12-24-18)21-14-17(23(2)3)13-16-9-6-5-7-10-16;/h5-7,9-10,17-18H,4,8,11-15H2,1-3H3,(H2,20,21,22);1H. The van der Waals surface area contributed by atoms with Gasteiger partial charge in [-0.3, -0.25) is 4.99 Å². The molecule has 2 atom stereocenters. The van der Waals surface area contributed by atoms with Crippen LogP contribution in [0.3, 0.4) is 0 Å². The number of guanidine groups is 1. The number of likely N-dealkylation sites (N-methyl/N-ethyl adjacent to an activating group) is 1. The smallest absolute Gasteiger partial charge is 0.191 e. The second kappa shape index (κ2) is 12.8. The van der Waals surface area contributed by atoms with Crippen molar-refractivity contribution < 1.29 is 0 Å². The Morgan fingerprint density at radius 3 is 2.64 bits per heavy atom. The van der Waals surface area contributed by atoms with Crippen LogP contribution in [0.5, 0.6) is 0 Å². The topological polar surface area (TPSA) is 39.7 Å². The van der Waals surface area contributed by atoms with Gasteiger partial charge in [0.05, 0.1) is 6.54 Å². The number of benzene rings is 1. The number of nitrogens with zero attached hydrogens (tertiary/aromatic N) is 2. The van der Waals surface area contributed by atoms with E-state index in [2.05, 4.69) is 78.6 Å². The van der Waals surface area contributed by atoms with Crippen molar-refractivity contribution in [1.29, 1.82) is 0 Å². The van der Waals surface area contributed by atoms with Gasteiger partial charge in [-0.05, 0) is 51.6 Å². The number of rotatable bonds is 8. The summed E-state index contributed by atoms with van der Waals surface area (Å²) in [6.07, 6.45) is 3.70. The molecule has 1 aliphatic heterocycles. The second-order valence-electron chi connectivity index (χ2n) is 6.54. The van der Waals surface area contributed by atoms with E-state index in [1.807, 2.05) is 0 Å². The van der Waals surface area contributed by atoms with E-state index in [9.17, 15) is 0 Å². The Morgan fingerprint density at radius 2 is 2.04 bits per heavy atom. The molecule has 142 valence electrons. The molecule has 0 saturated carbocycles. The van der Waals surface area contributed by atoms with Gasteiger partial charge in [0.2, 0.25) is 0 Å². The van der Waals surface area contributed by atoms with Crippen LogP contribution in [-0.4, -0.2) is 61.6 Å². The summed E-state index contributed by atoms with van der Waals surface area (Å²) in [6, 6.07) is 11.1. The SMILES string of the molecule is CCNC(=NCC(Cc1ccccc1)N(C)C)NCC1CCCS1.I. The second-order valence-corrected chi connectivity index (χ2v) is 7.95. The van der Waals surface area contributed by atoms with E-state index in [0.717, 1.165) is 37.3 Å². The van der Waals surface area contributed by atoms with Gasteiger partial charge >= 0.3 is 0 Å². The molecule has 1 aromatic carbocycles. The molecular formula is C19H33IN4S. The molecule has 0 radical (unpaired) electrons. The molecule has 4 nitrogen and oxygen atoms in total. The normalized spacial score (nSPS) is 18.7. The minimum absolute atomic E-state index is 0. The van der Waals surface area contributed by atoms with Gasteiger partial charge in [-0.25, -0.2) is 0 Å².